The smallest absolute Gasteiger partial charge is 0.274 e. The van der Waals surface area contributed by atoms with Crippen molar-refractivity contribution in [2.75, 3.05) is 17.2 Å². The zero-order valence-corrected chi connectivity index (χ0v) is 14.7. The Morgan fingerprint density at radius 2 is 1.92 bits per heavy atom. The van der Waals surface area contributed by atoms with Crippen LogP contribution in [0, 0.1) is 11.3 Å². The molecule has 1 amide bonds. The van der Waals surface area contributed by atoms with E-state index >= 15 is 0 Å². The molecule has 3 rings (SSSR count). The second-order valence-corrected chi connectivity index (χ2v) is 6.36. The van der Waals surface area contributed by atoms with E-state index < -0.39 is 0 Å². The molecule has 1 heterocycles. The fraction of sp³-hybridized carbons (Fsp3) is 0.286. The Labute approximate surface area is 153 Å². The monoisotopic (exact) mass is 346 g/mol. The summed E-state index contributed by atoms with van der Waals surface area (Å²) < 4.78 is 0. The topological polar surface area (TPSA) is 77.8 Å². The maximum absolute atomic E-state index is 12.2. The van der Waals surface area contributed by atoms with E-state index in [4.69, 9.17) is 5.26 Å². The van der Waals surface area contributed by atoms with Gasteiger partial charge < -0.3 is 10.6 Å². The molecule has 1 aliphatic rings. The zero-order valence-electron chi connectivity index (χ0n) is 14.7. The second kappa shape index (κ2) is 8.82. The number of amides is 1. The van der Waals surface area contributed by atoms with E-state index in [1.54, 1.807) is 36.5 Å². The van der Waals surface area contributed by atoms with Crippen LogP contribution in [-0.4, -0.2) is 17.4 Å². The average Bonchev–Trinajstić information content (AvgIpc) is 2.70. The van der Waals surface area contributed by atoms with E-state index in [1.165, 1.54) is 31.3 Å². The molecule has 132 valence electrons. The molecule has 1 aliphatic carbocycles. The van der Waals surface area contributed by atoms with Crippen molar-refractivity contribution in [2.45, 2.75) is 32.1 Å². The Morgan fingerprint density at radius 3 is 2.58 bits per heavy atom. The van der Waals surface area contributed by atoms with Gasteiger partial charge in [-0.2, -0.15) is 5.26 Å². The minimum absolute atomic E-state index is 0.270. The van der Waals surface area contributed by atoms with Crippen molar-refractivity contribution in [1.82, 2.24) is 4.98 Å². The molecule has 0 bridgehead atoms. The summed E-state index contributed by atoms with van der Waals surface area (Å²) in [4.78, 5) is 16.5. The Hall–Kier alpha value is -3.13. The van der Waals surface area contributed by atoms with Gasteiger partial charge in [-0.1, -0.05) is 11.6 Å². The van der Waals surface area contributed by atoms with Gasteiger partial charge in [0, 0.05) is 12.2 Å². The minimum Gasteiger partial charge on any atom is -0.383 e. The SMILES string of the molecule is N#Cc1ccc(NC(=O)c2ccc(NCCC3=CCCCC3)cn2)cc1. The molecular weight excluding hydrogens is 324 g/mol. The fourth-order valence-corrected chi connectivity index (χ4v) is 2.96. The highest BCUT2D eigenvalue weighted by Crippen LogP contribution is 2.20. The molecular formula is C21H22N4O. The highest BCUT2D eigenvalue weighted by molar-refractivity contribution is 6.02. The number of hydrogen-bond donors (Lipinski definition) is 2. The number of allylic oxidation sites excluding steroid dienone is 1. The predicted octanol–water partition coefficient (Wildman–Crippen LogP) is 4.51. The van der Waals surface area contributed by atoms with Gasteiger partial charge in [0.05, 0.1) is 23.5 Å². The highest BCUT2D eigenvalue weighted by atomic mass is 16.1. The lowest BCUT2D eigenvalue weighted by atomic mass is 9.97. The van der Waals surface area contributed by atoms with Crippen molar-refractivity contribution in [2.24, 2.45) is 0 Å². The number of anilines is 2. The van der Waals surface area contributed by atoms with Crippen LogP contribution in [0.4, 0.5) is 11.4 Å². The fourth-order valence-electron chi connectivity index (χ4n) is 2.96. The first-order chi connectivity index (χ1) is 12.7. The first kappa shape index (κ1) is 17.7. The summed E-state index contributed by atoms with van der Waals surface area (Å²) >= 11 is 0. The van der Waals surface area contributed by atoms with Crippen molar-refractivity contribution in [3.8, 4) is 6.07 Å². The zero-order chi connectivity index (χ0) is 18.2. The predicted molar refractivity (Wildman–Crippen MR) is 103 cm³/mol. The Bertz CT molecular complexity index is 817. The molecule has 0 saturated carbocycles. The first-order valence-corrected chi connectivity index (χ1v) is 8.94. The van der Waals surface area contributed by atoms with Gasteiger partial charge in [0.15, 0.2) is 0 Å². The largest absolute Gasteiger partial charge is 0.383 e. The van der Waals surface area contributed by atoms with Crippen LogP contribution in [0.25, 0.3) is 0 Å². The quantitative estimate of drug-likeness (QED) is 0.755. The first-order valence-electron chi connectivity index (χ1n) is 8.94. The number of hydrogen-bond acceptors (Lipinski definition) is 4. The number of benzene rings is 1. The molecule has 0 spiro atoms. The van der Waals surface area contributed by atoms with Crippen LogP contribution in [-0.2, 0) is 0 Å². The number of nitrogens with one attached hydrogen (secondary N) is 2. The molecule has 5 nitrogen and oxygen atoms in total. The Morgan fingerprint density at radius 1 is 1.12 bits per heavy atom. The summed E-state index contributed by atoms with van der Waals surface area (Å²) in [7, 11) is 0. The van der Waals surface area contributed by atoms with Crippen molar-refractivity contribution in [1.29, 1.82) is 5.26 Å². The Balaban J connectivity index is 1.50. The van der Waals surface area contributed by atoms with Gasteiger partial charge in [-0.15, -0.1) is 0 Å². The van der Waals surface area contributed by atoms with Crippen LogP contribution in [0.3, 0.4) is 0 Å². The van der Waals surface area contributed by atoms with Crippen molar-refractivity contribution in [3.63, 3.8) is 0 Å². The number of rotatable bonds is 6. The van der Waals surface area contributed by atoms with E-state index in [2.05, 4.69) is 21.7 Å². The van der Waals surface area contributed by atoms with Gasteiger partial charge >= 0.3 is 0 Å². The van der Waals surface area contributed by atoms with E-state index in [-0.39, 0.29) is 5.91 Å². The normalized spacial score (nSPS) is 13.4. The molecule has 2 N–H and O–H groups in total. The maximum Gasteiger partial charge on any atom is 0.274 e. The number of pyridine rings is 1. The van der Waals surface area contributed by atoms with Crippen LogP contribution in [0.5, 0.6) is 0 Å². The van der Waals surface area contributed by atoms with Crippen LogP contribution in [0.1, 0.15) is 48.2 Å². The minimum atomic E-state index is -0.270. The lowest BCUT2D eigenvalue weighted by molar-refractivity contribution is 0.102. The third-order valence-corrected chi connectivity index (χ3v) is 4.43. The lowest BCUT2D eigenvalue weighted by Gasteiger charge is -2.13. The third-order valence-electron chi connectivity index (χ3n) is 4.43. The molecule has 5 heteroatoms. The number of aromatic nitrogens is 1. The molecule has 0 saturated heterocycles. The average molecular weight is 346 g/mol. The number of nitrogens with zero attached hydrogens (tertiary/aromatic N) is 2. The summed E-state index contributed by atoms with van der Waals surface area (Å²) in [6, 6.07) is 12.4. The van der Waals surface area contributed by atoms with Crippen LogP contribution < -0.4 is 10.6 Å². The van der Waals surface area contributed by atoms with Crippen molar-refractivity contribution >= 4 is 17.3 Å². The summed E-state index contributed by atoms with van der Waals surface area (Å²) in [6.45, 7) is 0.879. The second-order valence-electron chi connectivity index (χ2n) is 6.36. The molecule has 2 aromatic rings. The van der Waals surface area contributed by atoms with Crippen LogP contribution >= 0.6 is 0 Å². The van der Waals surface area contributed by atoms with Gasteiger partial charge in [-0.05, 0) is 68.5 Å². The molecule has 1 aromatic heterocycles. The van der Waals surface area contributed by atoms with Gasteiger partial charge in [0.25, 0.3) is 5.91 Å². The molecule has 26 heavy (non-hydrogen) atoms. The summed E-state index contributed by atoms with van der Waals surface area (Å²) in [5, 5.41) is 14.9. The standard InChI is InChI=1S/C21H22N4O/c22-14-17-6-8-18(9-7-17)25-21(26)20-11-10-19(15-24-20)23-13-12-16-4-2-1-3-5-16/h4,6-11,15,23H,1-3,5,12-13H2,(H,25,26). The van der Waals surface area contributed by atoms with Gasteiger partial charge in [-0.3, -0.25) is 4.79 Å². The van der Waals surface area contributed by atoms with Gasteiger partial charge in [-0.25, -0.2) is 4.98 Å². The molecule has 0 atom stereocenters. The summed E-state index contributed by atoms with van der Waals surface area (Å²) in [6.07, 6.45) is 10.1. The van der Waals surface area contributed by atoms with E-state index in [0.29, 0.717) is 16.9 Å². The third kappa shape index (κ3) is 4.93. The van der Waals surface area contributed by atoms with E-state index in [0.717, 1.165) is 18.7 Å². The molecule has 0 aliphatic heterocycles. The molecule has 0 fully saturated rings. The van der Waals surface area contributed by atoms with Crippen molar-refractivity contribution in [3.05, 3.63) is 65.5 Å². The van der Waals surface area contributed by atoms with Crippen molar-refractivity contribution < 1.29 is 4.79 Å². The van der Waals surface area contributed by atoms with Gasteiger partial charge in [0.1, 0.15) is 5.69 Å². The molecule has 0 unspecified atom stereocenters. The molecule has 0 radical (unpaired) electrons. The van der Waals surface area contributed by atoms with Crippen LogP contribution in [0.15, 0.2) is 54.2 Å². The van der Waals surface area contributed by atoms with Crippen LogP contribution in [0.2, 0.25) is 0 Å². The highest BCUT2D eigenvalue weighted by Gasteiger charge is 2.08. The number of nitriles is 1. The van der Waals surface area contributed by atoms with Gasteiger partial charge in [0.2, 0.25) is 0 Å². The van der Waals surface area contributed by atoms with E-state index in [9.17, 15) is 4.79 Å². The van der Waals surface area contributed by atoms with E-state index in [1.807, 2.05) is 12.1 Å². The maximum atomic E-state index is 12.2. The Kier molecular flexibility index (Phi) is 6.00. The summed E-state index contributed by atoms with van der Waals surface area (Å²) in [5.74, 6) is -0.270. The number of carbonyl (C=O) groups excluding carboxylic acids is 1. The number of carbonyl (C=O) groups is 1. The molecule has 1 aromatic carbocycles. The summed E-state index contributed by atoms with van der Waals surface area (Å²) in [5.41, 5.74) is 4.00. The lowest BCUT2D eigenvalue weighted by Crippen LogP contribution is -2.14.